The standard InChI is InChI=1S/C13H18N4/c1-10-8-16-17(9-10)6-5-15-12-4-3-11(2)13(14)7-12/h3-4,7-9,15H,5-6,14H2,1-2H3. The number of nitrogens with zero attached hydrogens (tertiary/aromatic N) is 2. The minimum atomic E-state index is 0.824. The lowest BCUT2D eigenvalue weighted by atomic mass is 10.2. The molecule has 0 bridgehead atoms. The summed E-state index contributed by atoms with van der Waals surface area (Å²) in [5.74, 6) is 0. The second-order valence-electron chi connectivity index (χ2n) is 4.28. The minimum absolute atomic E-state index is 0.824. The van der Waals surface area contributed by atoms with E-state index < -0.39 is 0 Å². The Morgan fingerprint density at radius 3 is 2.82 bits per heavy atom. The third-order valence-corrected chi connectivity index (χ3v) is 2.71. The zero-order valence-corrected chi connectivity index (χ0v) is 10.3. The summed E-state index contributed by atoms with van der Waals surface area (Å²) in [5.41, 5.74) is 10.0. The maximum Gasteiger partial charge on any atom is 0.0582 e. The van der Waals surface area contributed by atoms with Crippen LogP contribution in [-0.4, -0.2) is 16.3 Å². The fourth-order valence-electron chi connectivity index (χ4n) is 1.65. The van der Waals surface area contributed by atoms with Crippen molar-refractivity contribution >= 4 is 11.4 Å². The molecule has 0 fully saturated rings. The van der Waals surface area contributed by atoms with Crippen molar-refractivity contribution in [3.8, 4) is 0 Å². The summed E-state index contributed by atoms with van der Waals surface area (Å²) in [5, 5.41) is 7.56. The van der Waals surface area contributed by atoms with Crippen molar-refractivity contribution in [2.75, 3.05) is 17.6 Å². The van der Waals surface area contributed by atoms with Crippen LogP contribution in [0.1, 0.15) is 11.1 Å². The van der Waals surface area contributed by atoms with Crippen LogP contribution in [0.25, 0.3) is 0 Å². The molecule has 0 spiro atoms. The third-order valence-electron chi connectivity index (χ3n) is 2.71. The van der Waals surface area contributed by atoms with E-state index >= 15 is 0 Å². The van der Waals surface area contributed by atoms with Gasteiger partial charge in [0.15, 0.2) is 0 Å². The average Bonchev–Trinajstić information content (AvgIpc) is 2.70. The SMILES string of the molecule is Cc1cnn(CCNc2ccc(C)c(N)c2)c1. The van der Waals surface area contributed by atoms with Gasteiger partial charge < -0.3 is 11.1 Å². The molecule has 2 aromatic rings. The van der Waals surface area contributed by atoms with Crippen molar-refractivity contribution in [2.45, 2.75) is 20.4 Å². The molecule has 0 unspecified atom stereocenters. The average molecular weight is 230 g/mol. The summed E-state index contributed by atoms with van der Waals surface area (Å²) >= 11 is 0. The van der Waals surface area contributed by atoms with Gasteiger partial charge >= 0.3 is 0 Å². The van der Waals surface area contributed by atoms with Crippen LogP contribution in [-0.2, 0) is 6.54 Å². The van der Waals surface area contributed by atoms with E-state index in [1.165, 1.54) is 5.56 Å². The van der Waals surface area contributed by atoms with Crippen molar-refractivity contribution < 1.29 is 0 Å². The Bertz CT molecular complexity index is 502. The van der Waals surface area contributed by atoms with E-state index in [0.29, 0.717) is 0 Å². The van der Waals surface area contributed by atoms with Gasteiger partial charge in [-0.15, -0.1) is 0 Å². The number of hydrogen-bond donors (Lipinski definition) is 2. The number of aromatic nitrogens is 2. The summed E-state index contributed by atoms with van der Waals surface area (Å²) in [6.07, 6.45) is 3.90. The predicted octanol–water partition coefficient (Wildman–Crippen LogP) is 2.19. The second kappa shape index (κ2) is 4.91. The van der Waals surface area contributed by atoms with E-state index in [-0.39, 0.29) is 0 Å². The summed E-state index contributed by atoms with van der Waals surface area (Å²) in [7, 11) is 0. The molecule has 2 rings (SSSR count). The smallest absolute Gasteiger partial charge is 0.0582 e. The highest BCUT2D eigenvalue weighted by molar-refractivity contribution is 5.58. The topological polar surface area (TPSA) is 55.9 Å². The second-order valence-corrected chi connectivity index (χ2v) is 4.28. The molecule has 0 atom stereocenters. The molecule has 0 radical (unpaired) electrons. The third kappa shape index (κ3) is 3.00. The molecule has 0 saturated heterocycles. The lowest BCUT2D eigenvalue weighted by Gasteiger charge is -2.08. The van der Waals surface area contributed by atoms with Crippen molar-refractivity contribution in [2.24, 2.45) is 0 Å². The van der Waals surface area contributed by atoms with Crippen LogP contribution in [0.3, 0.4) is 0 Å². The Balaban J connectivity index is 1.87. The number of hydrogen-bond acceptors (Lipinski definition) is 3. The molecule has 0 aliphatic rings. The highest BCUT2D eigenvalue weighted by Gasteiger charge is 1.97. The normalized spacial score (nSPS) is 10.5. The van der Waals surface area contributed by atoms with Crippen LogP contribution >= 0.6 is 0 Å². The summed E-state index contributed by atoms with van der Waals surface area (Å²) in [4.78, 5) is 0. The largest absolute Gasteiger partial charge is 0.398 e. The molecule has 0 aliphatic carbocycles. The molecule has 1 aromatic carbocycles. The summed E-state index contributed by atoms with van der Waals surface area (Å²) in [6.45, 7) is 5.73. The summed E-state index contributed by atoms with van der Waals surface area (Å²) < 4.78 is 1.93. The molecule has 90 valence electrons. The number of nitrogen functional groups attached to an aromatic ring is 1. The van der Waals surface area contributed by atoms with E-state index in [1.54, 1.807) is 0 Å². The van der Waals surface area contributed by atoms with Crippen LogP contribution in [0.2, 0.25) is 0 Å². The molecule has 4 heteroatoms. The molecule has 1 heterocycles. The van der Waals surface area contributed by atoms with Crippen LogP contribution in [0.5, 0.6) is 0 Å². The van der Waals surface area contributed by atoms with Crippen molar-refractivity contribution in [3.63, 3.8) is 0 Å². The zero-order chi connectivity index (χ0) is 12.3. The quantitative estimate of drug-likeness (QED) is 0.792. The first-order valence-electron chi connectivity index (χ1n) is 5.74. The van der Waals surface area contributed by atoms with Crippen LogP contribution < -0.4 is 11.1 Å². The Labute approximate surface area is 101 Å². The Morgan fingerprint density at radius 2 is 2.18 bits per heavy atom. The fraction of sp³-hybridized carbons (Fsp3) is 0.308. The maximum atomic E-state index is 5.85. The number of anilines is 2. The van der Waals surface area contributed by atoms with Crippen molar-refractivity contribution in [1.29, 1.82) is 0 Å². The Kier molecular flexibility index (Phi) is 3.32. The molecule has 0 saturated carbocycles. The molecule has 3 N–H and O–H groups in total. The van der Waals surface area contributed by atoms with Crippen LogP contribution in [0, 0.1) is 13.8 Å². The van der Waals surface area contributed by atoms with Gasteiger partial charge in [0, 0.05) is 24.1 Å². The van der Waals surface area contributed by atoms with Gasteiger partial charge in [-0.25, -0.2) is 0 Å². The molecular weight excluding hydrogens is 212 g/mol. The zero-order valence-electron chi connectivity index (χ0n) is 10.3. The monoisotopic (exact) mass is 230 g/mol. The van der Waals surface area contributed by atoms with Crippen molar-refractivity contribution in [3.05, 3.63) is 41.7 Å². The highest BCUT2D eigenvalue weighted by Crippen LogP contribution is 2.16. The number of rotatable bonds is 4. The highest BCUT2D eigenvalue weighted by atomic mass is 15.3. The lowest BCUT2D eigenvalue weighted by molar-refractivity contribution is 0.637. The fourth-order valence-corrected chi connectivity index (χ4v) is 1.65. The van der Waals surface area contributed by atoms with Crippen LogP contribution in [0.4, 0.5) is 11.4 Å². The molecule has 4 nitrogen and oxygen atoms in total. The molecule has 0 aliphatic heterocycles. The van der Waals surface area contributed by atoms with Gasteiger partial charge in [0.2, 0.25) is 0 Å². The van der Waals surface area contributed by atoms with Crippen LogP contribution in [0.15, 0.2) is 30.6 Å². The van der Waals surface area contributed by atoms with E-state index in [9.17, 15) is 0 Å². The molecule has 0 amide bonds. The number of benzene rings is 1. The van der Waals surface area contributed by atoms with E-state index in [4.69, 9.17) is 5.73 Å². The van der Waals surface area contributed by atoms with E-state index in [2.05, 4.69) is 10.4 Å². The first kappa shape index (κ1) is 11.5. The van der Waals surface area contributed by atoms with Gasteiger partial charge in [-0.2, -0.15) is 5.10 Å². The molecule has 17 heavy (non-hydrogen) atoms. The van der Waals surface area contributed by atoms with Gasteiger partial charge in [0.05, 0.1) is 12.7 Å². The molecular formula is C13H18N4. The number of aryl methyl sites for hydroxylation is 2. The van der Waals surface area contributed by atoms with Gasteiger partial charge in [-0.1, -0.05) is 6.07 Å². The van der Waals surface area contributed by atoms with E-state index in [1.807, 2.05) is 49.1 Å². The summed E-state index contributed by atoms with van der Waals surface area (Å²) in [6, 6.07) is 6.03. The Hall–Kier alpha value is -1.97. The lowest BCUT2D eigenvalue weighted by Crippen LogP contribution is -2.11. The molecule has 1 aromatic heterocycles. The van der Waals surface area contributed by atoms with Gasteiger partial charge in [0.1, 0.15) is 0 Å². The van der Waals surface area contributed by atoms with Crippen molar-refractivity contribution in [1.82, 2.24) is 9.78 Å². The number of nitrogens with two attached hydrogens (primary N) is 1. The predicted molar refractivity (Wildman–Crippen MR) is 71.0 cm³/mol. The minimum Gasteiger partial charge on any atom is -0.398 e. The maximum absolute atomic E-state index is 5.85. The first-order chi connectivity index (χ1) is 8.15. The van der Waals surface area contributed by atoms with Gasteiger partial charge in [0.25, 0.3) is 0 Å². The van der Waals surface area contributed by atoms with Gasteiger partial charge in [-0.05, 0) is 37.1 Å². The Morgan fingerprint density at radius 1 is 1.35 bits per heavy atom. The van der Waals surface area contributed by atoms with Gasteiger partial charge in [-0.3, -0.25) is 4.68 Å². The van der Waals surface area contributed by atoms with E-state index in [0.717, 1.165) is 30.0 Å². The first-order valence-corrected chi connectivity index (χ1v) is 5.74. The number of nitrogens with one attached hydrogen (secondary N) is 1.